The second-order valence-corrected chi connectivity index (χ2v) is 3.15. The third-order valence-electron chi connectivity index (χ3n) is 2.25. The second kappa shape index (κ2) is 4.79. The van der Waals surface area contributed by atoms with Gasteiger partial charge in [-0.15, -0.1) is 0 Å². The normalized spacial score (nSPS) is 12.2. The van der Waals surface area contributed by atoms with Crippen molar-refractivity contribution in [2.24, 2.45) is 0 Å². The van der Waals surface area contributed by atoms with Crippen molar-refractivity contribution in [1.82, 2.24) is 0 Å². The summed E-state index contributed by atoms with van der Waals surface area (Å²) in [5, 5.41) is 9.45. The molecule has 15 heavy (non-hydrogen) atoms. The number of carbonyl (C=O) groups is 1. The number of phenols is 1. The minimum Gasteiger partial charge on any atom is -0.507 e. The van der Waals surface area contributed by atoms with Crippen molar-refractivity contribution < 1.29 is 19.4 Å². The molecular formula is C11H14O4. The van der Waals surface area contributed by atoms with Gasteiger partial charge in [0.1, 0.15) is 11.3 Å². The van der Waals surface area contributed by atoms with Gasteiger partial charge in [-0.05, 0) is 24.6 Å². The number of esters is 1. The first-order valence-corrected chi connectivity index (χ1v) is 4.54. The summed E-state index contributed by atoms with van der Waals surface area (Å²) in [4.78, 5) is 11.3. The molecule has 0 heterocycles. The van der Waals surface area contributed by atoms with Gasteiger partial charge in [-0.1, -0.05) is 6.07 Å². The van der Waals surface area contributed by atoms with Crippen LogP contribution in [0.4, 0.5) is 0 Å². The van der Waals surface area contributed by atoms with E-state index in [1.807, 2.05) is 6.92 Å². The van der Waals surface area contributed by atoms with Gasteiger partial charge in [0.2, 0.25) is 0 Å². The fraction of sp³-hybridized carbons (Fsp3) is 0.364. The Balaban J connectivity index is 3.10. The molecule has 4 nitrogen and oxygen atoms in total. The van der Waals surface area contributed by atoms with Gasteiger partial charge in [0.25, 0.3) is 0 Å². The number of hydrogen-bond acceptors (Lipinski definition) is 4. The van der Waals surface area contributed by atoms with Gasteiger partial charge in [-0.2, -0.15) is 0 Å². The molecule has 0 fully saturated rings. The minimum absolute atomic E-state index is 0.0890. The molecule has 1 unspecified atom stereocenters. The van der Waals surface area contributed by atoms with Gasteiger partial charge in [0, 0.05) is 7.11 Å². The summed E-state index contributed by atoms with van der Waals surface area (Å²) in [5.74, 6) is -0.647. The van der Waals surface area contributed by atoms with E-state index >= 15 is 0 Å². The Morgan fingerprint density at radius 3 is 2.60 bits per heavy atom. The lowest BCUT2D eigenvalue weighted by Crippen LogP contribution is -2.04. The molecule has 1 atom stereocenters. The molecule has 0 aliphatic rings. The lowest BCUT2D eigenvalue weighted by molar-refractivity contribution is 0.0596. The first kappa shape index (κ1) is 11.5. The van der Waals surface area contributed by atoms with Gasteiger partial charge in [-0.25, -0.2) is 4.79 Å². The zero-order valence-electron chi connectivity index (χ0n) is 8.98. The number of rotatable bonds is 3. The number of phenolic OH excluding ortho intramolecular Hbond substituents is 1. The van der Waals surface area contributed by atoms with E-state index in [1.54, 1.807) is 19.2 Å². The molecule has 0 spiro atoms. The van der Waals surface area contributed by atoms with Crippen LogP contribution in [0.1, 0.15) is 28.9 Å². The quantitative estimate of drug-likeness (QED) is 0.774. The first-order chi connectivity index (χ1) is 7.10. The first-order valence-electron chi connectivity index (χ1n) is 4.54. The molecule has 0 aliphatic heterocycles. The molecule has 82 valence electrons. The number of ether oxygens (including phenoxy) is 2. The van der Waals surface area contributed by atoms with Crippen molar-refractivity contribution in [1.29, 1.82) is 0 Å². The largest absolute Gasteiger partial charge is 0.507 e. The summed E-state index contributed by atoms with van der Waals surface area (Å²) in [5.41, 5.74) is 0.967. The third-order valence-corrected chi connectivity index (χ3v) is 2.25. The average Bonchev–Trinajstić information content (AvgIpc) is 2.27. The van der Waals surface area contributed by atoms with Crippen molar-refractivity contribution in [2.75, 3.05) is 14.2 Å². The summed E-state index contributed by atoms with van der Waals surface area (Å²) < 4.78 is 9.66. The topological polar surface area (TPSA) is 55.8 Å². The minimum atomic E-state index is -0.558. The van der Waals surface area contributed by atoms with E-state index in [4.69, 9.17) is 4.74 Å². The van der Waals surface area contributed by atoms with Crippen LogP contribution in [0.2, 0.25) is 0 Å². The standard InChI is InChI=1S/C11H14O4/c1-7(14-2)8-4-5-10(12)9(6-8)11(13)15-3/h4-7,12H,1-3H3. The lowest BCUT2D eigenvalue weighted by Gasteiger charge is -2.11. The summed E-state index contributed by atoms with van der Waals surface area (Å²) in [6.07, 6.45) is -0.131. The van der Waals surface area contributed by atoms with Crippen molar-refractivity contribution in [3.63, 3.8) is 0 Å². The Morgan fingerprint density at radius 2 is 2.07 bits per heavy atom. The predicted molar refractivity (Wildman–Crippen MR) is 54.9 cm³/mol. The lowest BCUT2D eigenvalue weighted by atomic mass is 10.1. The zero-order valence-corrected chi connectivity index (χ0v) is 8.98. The van der Waals surface area contributed by atoms with Gasteiger partial charge in [0.15, 0.2) is 0 Å². The molecule has 4 heteroatoms. The highest BCUT2D eigenvalue weighted by molar-refractivity contribution is 5.92. The molecule has 0 amide bonds. The van der Waals surface area contributed by atoms with Crippen LogP contribution in [0.25, 0.3) is 0 Å². The molecule has 0 saturated carbocycles. The summed E-state index contributed by atoms with van der Waals surface area (Å²) in [7, 11) is 2.85. The van der Waals surface area contributed by atoms with Gasteiger partial charge in [0.05, 0.1) is 13.2 Å². The molecule has 0 bridgehead atoms. The van der Waals surface area contributed by atoms with E-state index in [0.717, 1.165) is 5.56 Å². The van der Waals surface area contributed by atoms with Crippen LogP contribution in [0, 0.1) is 0 Å². The van der Waals surface area contributed by atoms with E-state index in [1.165, 1.54) is 13.2 Å². The Morgan fingerprint density at radius 1 is 1.40 bits per heavy atom. The number of aromatic hydroxyl groups is 1. The van der Waals surface area contributed by atoms with Gasteiger partial charge in [-0.3, -0.25) is 0 Å². The van der Waals surface area contributed by atoms with Crippen molar-refractivity contribution >= 4 is 5.97 Å². The molecular weight excluding hydrogens is 196 g/mol. The van der Waals surface area contributed by atoms with Crippen molar-refractivity contribution in [3.05, 3.63) is 29.3 Å². The van der Waals surface area contributed by atoms with E-state index < -0.39 is 5.97 Å². The molecule has 1 aromatic rings. The second-order valence-electron chi connectivity index (χ2n) is 3.15. The number of benzene rings is 1. The molecule has 1 N–H and O–H groups in total. The fourth-order valence-electron chi connectivity index (χ4n) is 1.22. The maximum Gasteiger partial charge on any atom is 0.341 e. The molecule has 1 rings (SSSR count). The summed E-state index contributed by atoms with van der Waals surface area (Å²) >= 11 is 0. The molecule has 0 aliphatic carbocycles. The molecule has 1 aromatic carbocycles. The van der Waals surface area contributed by atoms with Crippen LogP contribution in [0.5, 0.6) is 5.75 Å². The van der Waals surface area contributed by atoms with E-state index in [0.29, 0.717) is 0 Å². The summed E-state index contributed by atoms with van der Waals surface area (Å²) in [6.45, 7) is 1.85. The maximum atomic E-state index is 11.3. The van der Waals surface area contributed by atoms with E-state index in [9.17, 15) is 9.90 Å². The van der Waals surface area contributed by atoms with Crippen LogP contribution in [0.15, 0.2) is 18.2 Å². The number of methoxy groups -OCH3 is 2. The van der Waals surface area contributed by atoms with Crippen LogP contribution in [0.3, 0.4) is 0 Å². The monoisotopic (exact) mass is 210 g/mol. The van der Waals surface area contributed by atoms with E-state index in [-0.39, 0.29) is 17.4 Å². The van der Waals surface area contributed by atoms with Crippen LogP contribution < -0.4 is 0 Å². The Hall–Kier alpha value is -1.55. The van der Waals surface area contributed by atoms with Crippen LogP contribution in [-0.4, -0.2) is 25.3 Å². The highest BCUT2D eigenvalue weighted by atomic mass is 16.5. The van der Waals surface area contributed by atoms with Crippen molar-refractivity contribution in [2.45, 2.75) is 13.0 Å². The highest BCUT2D eigenvalue weighted by Crippen LogP contribution is 2.24. The predicted octanol–water partition coefficient (Wildman–Crippen LogP) is 1.89. The Labute approximate surface area is 88.4 Å². The van der Waals surface area contributed by atoms with Gasteiger partial charge < -0.3 is 14.6 Å². The Bertz CT molecular complexity index is 360. The average molecular weight is 210 g/mol. The summed E-state index contributed by atoms with van der Waals surface area (Å²) in [6, 6.07) is 4.72. The van der Waals surface area contributed by atoms with Crippen LogP contribution >= 0.6 is 0 Å². The Kier molecular flexibility index (Phi) is 3.68. The van der Waals surface area contributed by atoms with Gasteiger partial charge >= 0.3 is 5.97 Å². The fourth-order valence-corrected chi connectivity index (χ4v) is 1.22. The van der Waals surface area contributed by atoms with Crippen LogP contribution in [-0.2, 0) is 9.47 Å². The zero-order chi connectivity index (χ0) is 11.4. The SMILES string of the molecule is COC(=O)c1cc(C(C)OC)ccc1O. The number of carbonyl (C=O) groups excluding carboxylic acids is 1. The molecule has 0 aromatic heterocycles. The number of hydrogen-bond donors (Lipinski definition) is 1. The maximum absolute atomic E-state index is 11.3. The van der Waals surface area contributed by atoms with Crippen molar-refractivity contribution in [3.8, 4) is 5.75 Å². The molecule has 0 radical (unpaired) electrons. The smallest absolute Gasteiger partial charge is 0.341 e. The highest BCUT2D eigenvalue weighted by Gasteiger charge is 2.14. The third kappa shape index (κ3) is 2.47. The van der Waals surface area contributed by atoms with E-state index in [2.05, 4.69) is 4.74 Å². The molecule has 0 saturated heterocycles.